The van der Waals surface area contributed by atoms with Crippen LogP contribution in [0.3, 0.4) is 0 Å². The first-order valence-electron chi connectivity index (χ1n) is 7.77. The Morgan fingerprint density at radius 1 is 1.35 bits per heavy atom. The number of carbonyl (C=O) groups excluding carboxylic acids is 1. The summed E-state index contributed by atoms with van der Waals surface area (Å²) in [5.74, 6) is 0.590. The molecule has 0 aromatic carbocycles. The van der Waals surface area contributed by atoms with Gasteiger partial charge in [-0.25, -0.2) is 4.79 Å². The molecule has 1 heterocycles. The summed E-state index contributed by atoms with van der Waals surface area (Å²) in [7, 11) is 4.08. The van der Waals surface area contributed by atoms with E-state index in [2.05, 4.69) is 16.3 Å². The number of amides is 2. The van der Waals surface area contributed by atoms with E-state index in [0.717, 1.165) is 18.7 Å². The van der Waals surface area contributed by atoms with Crippen molar-refractivity contribution in [1.29, 1.82) is 0 Å². The highest BCUT2D eigenvalue weighted by Gasteiger charge is 2.32. The SMILES string of the molecule is CN(C)CCCN1C(=O)NC(=CC2CCCCC2)C1N. The quantitative estimate of drug-likeness (QED) is 0.806. The third kappa shape index (κ3) is 3.96. The summed E-state index contributed by atoms with van der Waals surface area (Å²) in [6, 6.07) is -0.0432. The average molecular weight is 280 g/mol. The van der Waals surface area contributed by atoms with Crippen molar-refractivity contribution in [1.82, 2.24) is 15.1 Å². The maximum atomic E-state index is 12.0. The van der Waals surface area contributed by atoms with E-state index >= 15 is 0 Å². The smallest absolute Gasteiger partial charge is 0.309 e. The van der Waals surface area contributed by atoms with Gasteiger partial charge in [0.15, 0.2) is 0 Å². The van der Waals surface area contributed by atoms with Crippen LogP contribution in [0.5, 0.6) is 0 Å². The van der Waals surface area contributed by atoms with E-state index in [1.165, 1.54) is 32.1 Å². The van der Waals surface area contributed by atoms with Gasteiger partial charge in [-0.3, -0.25) is 0 Å². The molecule has 0 aromatic rings. The molecule has 1 aliphatic heterocycles. The van der Waals surface area contributed by atoms with Gasteiger partial charge in [-0.05, 0) is 45.8 Å². The second-order valence-corrected chi connectivity index (χ2v) is 6.25. The van der Waals surface area contributed by atoms with Crippen LogP contribution in [0.15, 0.2) is 11.8 Å². The number of urea groups is 1. The average Bonchev–Trinajstić information content (AvgIpc) is 2.67. The number of rotatable bonds is 5. The molecule has 2 aliphatic rings. The zero-order chi connectivity index (χ0) is 14.5. The second kappa shape index (κ2) is 7.09. The molecular weight excluding hydrogens is 252 g/mol. The topological polar surface area (TPSA) is 61.6 Å². The monoisotopic (exact) mass is 280 g/mol. The highest BCUT2D eigenvalue weighted by Crippen LogP contribution is 2.27. The standard InChI is InChI=1S/C15H28N4O/c1-18(2)9-6-10-19-14(16)13(17-15(19)20)11-12-7-4-3-5-8-12/h11-12,14H,3-10,16H2,1-2H3,(H,17,20). The van der Waals surface area contributed by atoms with Gasteiger partial charge in [0, 0.05) is 6.54 Å². The Labute approximate surface area is 122 Å². The molecule has 0 aromatic heterocycles. The molecule has 5 heteroatoms. The molecule has 1 saturated heterocycles. The predicted molar refractivity (Wildman–Crippen MR) is 81.0 cm³/mol. The van der Waals surface area contributed by atoms with Gasteiger partial charge in [0.1, 0.15) is 6.17 Å². The van der Waals surface area contributed by atoms with Gasteiger partial charge in [0.05, 0.1) is 5.70 Å². The first-order valence-corrected chi connectivity index (χ1v) is 7.77. The van der Waals surface area contributed by atoms with Gasteiger partial charge in [-0.1, -0.05) is 25.3 Å². The van der Waals surface area contributed by atoms with E-state index in [1.54, 1.807) is 4.90 Å². The molecule has 1 atom stereocenters. The minimum absolute atomic E-state index is 0.0432. The minimum Gasteiger partial charge on any atom is -0.309 e. The van der Waals surface area contributed by atoms with Crippen molar-refractivity contribution in [3.63, 3.8) is 0 Å². The number of nitrogens with one attached hydrogen (secondary N) is 1. The Balaban J connectivity index is 1.90. The van der Waals surface area contributed by atoms with Gasteiger partial charge in [-0.15, -0.1) is 0 Å². The summed E-state index contributed by atoms with van der Waals surface area (Å²) in [6.07, 6.45) is 9.26. The van der Waals surface area contributed by atoms with Crippen molar-refractivity contribution < 1.29 is 4.79 Å². The Morgan fingerprint density at radius 2 is 2.05 bits per heavy atom. The van der Waals surface area contributed by atoms with Crippen molar-refractivity contribution in [3.8, 4) is 0 Å². The number of hydrogen-bond donors (Lipinski definition) is 2. The van der Waals surface area contributed by atoms with Gasteiger partial charge < -0.3 is 20.9 Å². The first-order chi connectivity index (χ1) is 9.58. The highest BCUT2D eigenvalue weighted by molar-refractivity contribution is 5.80. The lowest BCUT2D eigenvalue weighted by molar-refractivity contribution is 0.202. The normalized spacial score (nSPS) is 26.6. The number of carbonyl (C=O) groups is 1. The van der Waals surface area contributed by atoms with Crippen LogP contribution in [-0.4, -0.2) is 49.2 Å². The lowest BCUT2D eigenvalue weighted by Crippen LogP contribution is -2.41. The van der Waals surface area contributed by atoms with Crippen molar-refractivity contribution in [2.75, 3.05) is 27.2 Å². The fourth-order valence-corrected chi connectivity index (χ4v) is 3.06. The third-order valence-electron chi connectivity index (χ3n) is 4.24. The number of nitrogens with two attached hydrogens (primary N) is 1. The van der Waals surface area contributed by atoms with E-state index in [9.17, 15) is 4.79 Å². The first kappa shape index (κ1) is 15.3. The molecule has 3 N–H and O–H groups in total. The predicted octanol–water partition coefficient (Wildman–Crippen LogP) is 1.71. The van der Waals surface area contributed by atoms with E-state index in [-0.39, 0.29) is 12.2 Å². The number of hydrogen-bond acceptors (Lipinski definition) is 3. The maximum absolute atomic E-state index is 12.0. The lowest BCUT2D eigenvalue weighted by Gasteiger charge is -2.22. The zero-order valence-corrected chi connectivity index (χ0v) is 12.8. The van der Waals surface area contributed by atoms with Crippen LogP contribution in [0, 0.1) is 5.92 Å². The van der Waals surface area contributed by atoms with E-state index in [0.29, 0.717) is 12.5 Å². The molecule has 0 radical (unpaired) electrons. The fraction of sp³-hybridized carbons (Fsp3) is 0.800. The van der Waals surface area contributed by atoms with Gasteiger partial charge in [-0.2, -0.15) is 0 Å². The van der Waals surface area contributed by atoms with E-state index < -0.39 is 0 Å². The summed E-state index contributed by atoms with van der Waals surface area (Å²) in [5, 5.41) is 2.95. The summed E-state index contributed by atoms with van der Waals surface area (Å²) < 4.78 is 0. The summed E-state index contributed by atoms with van der Waals surface area (Å²) in [4.78, 5) is 15.9. The van der Waals surface area contributed by atoms with E-state index in [1.807, 2.05) is 14.1 Å². The largest absolute Gasteiger partial charge is 0.323 e. The van der Waals surface area contributed by atoms with Crippen LogP contribution in [-0.2, 0) is 0 Å². The Morgan fingerprint density at radius 3 is 2.70 bits per heavy atom. The molecule has 2 fully saturated rings. The Hall–Kier alpha value is -1.07. The molecule has 1 aliphatic carbocycles. The van der Waals surface area contributed by atoms with Crippen LogP contribution in [0.1, 0.15) is 38.5 Å². The van der Waals surface area contributed by atoms with Crippen molar-refractivity contribution in [2.45, 2.75) is 44.7 Å². The van der Waals surface area contributed by atoms with Gasteiger partial charge in [0.2, 0.25) is 0 Å². The molecule has 20 heavy (non-hydrogen) atoms. The number of nitrogens with zero attached hydrogens (tertiary/aromatic N) is 2. The molecule has 2 rings (SSSR count). The molecule has 1 unspecified atom stereocenters. The van der Waals surface area contributed by atoms with Gasteiger partial charge in [0.25, 0.3) is 0 Å². The van der Waals surface area contributed by atoms with Crippen molar-refractivity contribution in [3.05, 3.63) is 11.8 Å². The van der Waals surface area contributed by atoms with Crippen LogP contribution in [0.4, 0.5) is 4.79 Å². The molecule has 1 saturated carbocycles. The highest BCUT2D eigenvalue weighted by atomic mass is 16.2. The fourth-order valence-electron chi connectivity index (χ4n) is 3.06. The van der Waals surface area contributed by atoms with Gasteiger partial charge >= 0.3 is 6.03 Å². The zero-order valence-electron chi connectivity index (χ0n) is 12.8. The van der Waals surface area contributed by atoms with Crippen molar-refractivity contribution >= 4 is 6.03 Å². The van der Waals surface area contributed by atoms with Crippen LogP contribution in [0.25, 0.3) is 0 Å². The number of allylic oxidation sites excluding steroid dienone is 1. The minimum atomic E-state index is -0.286. The molecule has 5 nitrogen and oxygen atoms in total. The Kier molecular flexibility index (Phi) is 5.43. The summed E-state index contributed by atoms with van der Waals surface area (Å²) in [6.45, 7) is 1.69. The second-order valence-electron chi connectivity index (χ2n) is 6.25. The maximum Gasteiger partial charge on any atom is 0.323 e. The summed E-state index contributed by atoms with van der Waals surface area (Å²) >= 11 is 0. The lowest BCUT2D eigenvalue weighted by atomic mass is 9.88. The van der Waals surface area contributed by atoms with Crippen LogP contribution in [0.2, 0.25) is 0 Å². The molecule has 2 amide bonds. The molecule has 0 bridgehead atoms. The Bertz CT molecular complexity index is 361. The van der Waals surface area contributed by atoms with Crippen LogP contribution >= 0.6 is 0 Å². The van der Waals surface area contributed by atoms with E-state index in [4.69, 9.17) is 5.73 Å². The third-order valence-corrected chi connectivity index (χ3v) is 4.24. The van der Waals surface area contributed by atoms with Crippen molar-refractivity contribution in [2.24, 2.45) is 11.7 Å². The summed E-state index contributed by atoms with van der Waals surface area (Å²) in [5.41, 5.74) is 7.12. The van der Waals surface area contributed by atoms with Crippen LogP contribution < -0.4 is 11.1 Å². The molecule has 0 spiro atoms. The molecular formula is C15H28N4O. The molecule has 114 valence electrons.